The van der Waals surface area contributed by atoms with E-state index in [2.05, 4.69) is 100 Å². The van der Waals surface area contributed by atoms with Crippen molar-refractivity contribution in [3.8, 4) is 23.5 Å². The first kappa shape index (κ1) is 28.2. The van der Waals surface area contributed by atoms with Crippen molar-refractivity contribution in [1.82, 2.24) is 9.13 Å². The van der Waals surface area contributed by atoms with Gasteiger partial charge in [-0.1, -0.05) is 91.0 Å². The first-order chi connectivity index (χ1) is 24.3. The molecule has 0 spiro atoms. The number of benzene rings is 7. The first-order valence-corrected chi connectivity index (χ1v) is 16.2. The molecule has 2 heterocycles. The number of nitrogens with zero attached hydrogens (tertiary/aromatic N) is 5. The van der Waals surface area contributed by atoms with E-state index < -0.39 is 0 Å². The first-order valence-electron chi connectivity index (χ1n) is 16.2. The van der Waals surface area contributed by atoms with Crippen LogP contribution in [0.4, 0.5) is 17.1 Å². The van der Waals surface area contributed by atoms with Gasteiger partial charge < -0.3 is 14.0 Å². The fraction of sp³-hybridized carbons (Fsp3) is 0. The maximum absolute atomic E-state index is 11.0. The van der Waals surface area contributed by atoms with Crippen molar-refractivity contribution in [3.63, 3.8) is 0 Å². The maximum atomic E-state index is 11.0. The molecule has 2 aromatic heterocycles. The van der Waals surface area contributed by atoms with Gasteiger partial charge in [0.15, 0.2) is 0 Å². The van der Waals surface area contributed by atoms with E-state index in [1.54, 1.807) is 0 Å². The van der Waals surface area contributed by atoms with Crippen molar-refractivity contribution in [2.45, 2.75) is 0 Å². The molecule has 0 fully saturated rings. The van der Waals surface area contributed by atoms with Gasteiger partial charge in [-0.2, -0.15) is 10.5 Å². The summed E-state index contributed by atoms with van der Waals surface area (Å²) in [6.07, 6.45) is 0. The summed E-state index contributed by atoms with van der Waals surface area (Å²) in [6, 6.07) is 60.3. The van der Waals surface area contributed by atoms with E-state index in [4.69, 9.17) is 0 Å². The summed E-state index contributed by atoms with van der Waals surface area (Å²) in [7, 11) is 0. The van der Waals surface area contributed by atoms with E-state index in [9.17, 15) is 10.5 Å². The second kappa shape index (κ2) is 11.3. The molecule has 0 atom stereocenters. The lowest BCUT2D eigenvalue weighted by atomic mass is 10.0. The lowest BCUT2D eigenvalue weighted by Crippen LogP contribution is -2.14. The van der Waals surface area contributed by atoms with Crippen molar-refractivity contribution in [1.29, 1.82) is 10.5 Å². The van der Waals surface area contributed by atoms with Gasteiger partial charge in [-0.05, 0) is 72.8 Å². The zero-order chi connectivity index (χ0) is 32.9. The molecule has 0 aliphatic rings. The van der Waals surface area contributed by atoms with E-state index in [0.717, 1.165) is 60.7 Å². The smallest absolute Gasteiger partial charge is 0.104 e. The second-order valence-electron chi connectivity index (χ2n) is 12.0. The largest absolute Gasteiger partial charge is 0.309 e. The number of hydrogen-bond acceptors (Lipinski definition) is 3. The van der Waals surface area contributed by atoms with Crippen LogP contribution in [0, 0.1) is 22.7 Å². The van der Waals surface area contributed by atoms with Gasteiger partial charge in [0.05, 0.1) is 39.0 Å². The number of rotatable bonds is 5. The van der Waals surface area contributed by atoms with Crippen LogP contribution in [-0.2, 0) is 0 Å². The molecule has 9 rings (SSSR count). The number of anilines is 3. The Morgan fingerprint density at radius 2 is 0.918 bits per heavy atom. The molecule has 0 N–H and O–H groups in total. The van der Waals surface area contributed by atoms with Crippen LogP contribution in [0.5, 0.6) is 0 Å². The Kier molecular flexibility index (Phi) is 6.50. The summed E-state index contributed by atoms with van der Waals surface area (Å²) in [6.45, 7) is 0. The molecular formula is C44H27N5. The fourth-order valence-electron chi connectivity index (χ4n) is 7.39. The molecule has 0 radical (unpaired) electrons. The number of fused-ring (bicyclic) bond motifs is 7. The molecule has 5 heteroatoms. The third-order valence-corrected chi connectivity index (χ3v) is 9.37. The van der Waals surface area contributed by atoms with Crippen LogP contribution >= 0.6 is 0 Å². The molecule has 0 aliphatic carbocycles. The summed E-state index contributed by atoms with van der Waals surface area (Å²) in [5.41, 5.74) is 9.13. The lowest BCUT2D eigenvalue weighted by Gasteiger charge is -2.28. The molecule has 228 valence electrons. The maximum Gasteiger partial charge on any atom is 0.104 e. The Bertz CT molecular complexity index is 2740. The molecular weight excluding hydrogens is 599 g/mol. The number of aromatic nitrogens is 2. The minimum atomic E-state index is 0.418. The van der Waals surface area contributed by atoms with E-state index in [1.807, 2.05) is 89.8 Å². The minimum absolute atomic E-state index is 0.418. The third-order valence-electron chi connectivity index (χ3n) is 9.37. The highest BCUT2D eigenvalue weighted by molar-refractivity contribution is 6.29. The second-order valence-corrected chi connectivity index (χ2v) is 12.0. The van der Waals surface area contributed by atoms with Gasteiger partial charge in [-0.15, -0.1) is 0 Å². The predicted octanol–water partition coefficient (Wildman–Crippen LogP) is 11.1. The molecule has 0 aliphatic heterocycles. The van der Waals surface area contributed by atoms with Crippen LogP contribution in [0.2, 0.25) is 0 Å². The zero-order valence-corrected chi connectivity index (χ0v) is 26.3. The highest BCUT2D eigenvalue weighted by Gasteiger charge is 2.26. The van der Waals surface area contributed by atoms with E-state index in [0.29, 0.717) is 22.5 Å². The minimum Gasteiger partial charge on any atom is -0.309 e. The summed E-state index contributed by atoms with van der Waals surface area (Å²) in [4.78, 5) is 2.01. The van der Waals surface area contributed by atoms with Gasteiger partial charge >= 0.3 is 0 Å². The van der Waals surface area contributed by atoms with Gasteiger partial charge in [0.1, 0.15) is 17.7 Å². The Morgan fingerprint density at radius 1 is 0.429 bits per heavy atom. The Morgan fingerprint density at radius 3 is 1.47 bits per heavy atom. The quantitative estimate of drug-likeness (QED) is 0.191. The molecule has 5 nitrogen and oxygen atoms in total. The predicted molar refractivity (Wildman–Crippen MR) is 199 cm³/mol. The van der Waals surface area contributed by atoms with Crippen LogP contribution < -0.4 is 4.90 Å². The van der Waals surface area contributed by atoms with Crippen molar-refractivity contribution < 1.29 is 0 Å². The van der Waals surface area contributed by atoms with Crippen LogP contribution in [0.25, 0.3) is 55.0 Å². The number of hydrogen-bond donors (Lipinski definition) is 0. The van der Waals surface area contributed by atoms with Crippen LogP contribution in [0.3, 0.4) is 0 Å². The molecule has 0 bridgehead atoms. The van der Waals surface area contributed by atoms with Crippen molar-refractivity contribution in [2.24, 2.45) is 0 Å². The van der Waals surface area contributed by atoms with Gasteiger partial charge in [-0.3, -0.25) is 0 Å². The Labute approximate surface area is 282 Å². The van der Waals surface area contributed by atoms with E-state index in [1.165, 1.54) is 0 Å². The summed E-state index contributed by atoms with van der Waals surface area (Å²) in [5, 5.41) is 26.1. The third kappa shape index (κ3) is 4.24. The molecule has 0 amide bonds. The molecule has 0 saturated carbocycles. The number of para-hydroxylation sites is 5. The topological polar surface area (TPSA) is 60.7 Å². The van der Waals surface area contributed by atoms with Crippen LogP contribution in [0.15, 0.2) is 164 Å². The van der Waals surface area contributed by atoms with Crippen molar-refractivity contribution in [2.75, 3.05) is 4.90 Å². The molecule has 9 aromatic rings. The highest BCUT2D eigenvalue weighted by Crippen LogP contribution is 2.45. The molecule has 49 heavy (non-hydrogen) atoms. The van der Waals surface area contributed by atoms with Gasteiger partial charge in [0.25, 0.3) is 0 Å². The standard InChI is InChI=1S/C44H27N5/c45-28-30-24-25-39(36(29-46)44(30)47(31-14-4-1-5-15-31)32-16-6-2-7-17-32)49-38-23-13-11-21-35(38)43-41(49)27-26-40-42(43)34-20-10-12-22-37(34)48(40)33-18-8-3-9-19-33/h1-27H. The van der Waals surface area contributed by atoms with E-state index in [-0.39, 0.29) is 0 Å². The zero-order valence-electron chi connectivity index (χ0n) is 26.3. The van der Waals surface area contributed by atoms with Gasteiger partial charge in [-0.25, -0.2) is 0 Å². The average molecular weight is 626 g/mol. The Balaban J connectivity index is 1.41. The van der Waals surface area contributed by atoms with Gasteiger partial charge in [0, 0.05) is 38.6 Å². The SMILES string of the molecule is N#Cc1ccc(-n2c3ccccc3c3c4c5ccccc5n(-c5ccccc5)c4ccc32)c(C#N)c1N(c1ccccc1)c1ccccc1. The Hall–Kier alpha value is -7.08. The summed E-state index contributed by atoms with van der Waals surface area (Å²) >= 11 is 0. The monoisotopic (exact) mass is 625 g/mol. The number of nitriles is 2. The molecule has 0 unspecified atom stereocenters. The van der Waals surface area contributed by atoms with Crippen molar-refractivity contribution >= 4 is 60.7 Å². The van der Waals surface area contributed by atoms with Crippen LogP contribution in [0.1, 0.15) is 11.1 Å². The molecule has 0 saturated heterocycles. The molecule has 7 aromatic carbocycles. The lowest BCUT2D eigenvalue weighted by molar-refractivity contribution is 1.15. The van der Waals surface area contributed by atoms with Crippen LogP contribution in [-0.4, -0.2) is 9.13 Å². The fourth-order valence-corrected chi connectivity index (χ4v) is 7.39. The van der Waals surface area contributed by atoms with E-state index >= 15 is 0 Å². The van der Waals surface area contributed by atoms with Crippen molar-refractivity contribution in [3.05, 3.63) is 175 Å². The summed E-state index contributed by atoms with van der Waals surface area (Å²) in [5.74, 6) is 0. The summed E-state index contributed by atoms with van der Waals surface area (Å²) < 4.78 is 4.52. The normalized spacial score (nSPS) is 11.2. The average Bonchev–Trinajstić information content (AvgIpc) is 3.69. The highest BCUT2D eigenvalue weighted by atomic mass is 15.2. The van der Waals surface area contributed by atoms with Gasteiger partial charge in [0.2, 0.25) is 0 Å².